The van der Waals surface area contributed by atoms with Crippen LogP contribution in [-0.4, -0.2) is 33.9 Å². The average molecular weight is 316 g/mol. The summed E-state index contributed by atoms with van der Waals surface area (Å²) in [5.41, 5.74) is 3.10. The summed E-state index contributed by atoms with van der Waals surface area (Å²) in [6, 6.07) is 8.99. The molecule has 0 fully saturated rings. The van der Waals surface area contributed by atoms with E-state index in [4.69, 9.17) is 0 Å². The number of aliphatic carboxylic acids is 1. The van der Waals surface area contributed by atoms with Crippen molar-refractivity contribution < 1.29 is 19.5 Å². The lowest BCUT2D eigenvalue weighted by molar-refractivity contribution is -0.140. The second-order valence-electron chi connectivity index (χ2n) is 4.79. The van der Waals surface area contributed by atoms with Crippen molar-refractivity contribution in [1.82, 2.24) is 10.4 Å². The van der Waals surface area contributed by atoms with E-state index in [1.54, 1.807) is 24.3 Å². The van der Waals surface area contributed by atoms with Crippen molar-refractivity contribution in [3.8, 4) is 0 Å². The number of carbonyl (C=O) groups excluding carboxylic acids is 2. The highest BCUT2D eigenvalue weighted by atomic mass is 32.1. The number of benzene rings is 1. The summed E-state index contributed by atoms with van der Waals surface area (Å²) in [5.74, 6) is -2.18. The zero-order valence-corrected chi connectivity index (χ0v) is 12.2. The quantitative estimate of drug-likeness (QED) is 0.817. The molecule has 0 saturated heterocycles. The molecule has 3 rings (SSSR count). The number of fused-ring (bicyclic) bond motifs is 1. The summed E-state index contributed by atoms with van der Waals surface area (Å²) in [6.45, 7) is 0. The van der Waals surface area contributed by atoms with Gasteiger partial charge < -0.3 is 5.11 Å². The van der Waals surface area contributed by atoms with E-state index in [9.17, 15) is 19.5 Å². The molecular weight excluding hydrogens is 304 g/mol. The number of carbonyl (C=O) groups is 3. The number of nitrogens with zero attached hydrogens (tertiary/aromatic N) is 1. The average Bonchev–Trinajstić information content (AvgIpc) is 3.10. The van der Waals surface area contributed by atoms with Gasteiger partial charge in [-0.25, -0.2) is 10.4 Å². The molecule has 1 aliphatic rings. The number of amides is 2. The number of nitrogens with one attached hydrogen (secondary N) is 1. The fraction of sp³-hybridized carbons (Fsp3) is 0.133. The van der Waals surface area contributed by atoms with Crippen LogP contribution in [0.1, 0.15) is 25.6 Å². The molecule has 0 bridgehead atoms. The van der Waals surface area contributed by atoms with Gasteiger partial charge in [0.1, 0.15) is 6.04 Å². The highest BCUT2D eigenvalue weighted by Crippen LogP contribution is 2.21. The van der Waals surface area contributed by atoms with E-state index in [1.807, 2.05) is 17.5 Å². The van der Waals surface area contributed by atoms with Gasteiger partial charge in [-0.3, -0.25) is 14.4 Å². The third-order valence-corrected chi connectivity index (χ3v) is 4.26. The van der Waals surface area contributed by atoms with Crippen molar-refractivity contribution in [2.45, 2.75) is 12.5 Å². The first-order chi connectivity index (χ1) is 10.6. The topological polar surface area (TPSA) is 86.7 Å². The van der Waals surface area contributed by atoms with Gasteiger partial charge in [0.05, 0.1) is 11.1 Å². The Balaban J connectivity index is 1.81. The molecule has 1 aliphatic heterocycles. The molecule has 7 heteroatoms. The lowest BCUT2D eigenvalue weighted by atomic mass is 10.1. The van der Waals surface area contributed by atoms with Crippen LogP contribution in [-0.2, 0) is 11.2 Å². The van der Waals surface area contributed by atoms with Crippen molar-refractivity contribution in [3.63, 3.8) is 0 Å². The van der Waals surface area contributed by atoms with E-state index in [-0.39, 0.29) is 17.5 Å². The number of hydrogen-bond donors (Lipinski definition) is 2. The zero-order chi connectivity index (χ0) is 15.7. The minimum Gasteiger partial charge on any atom is -0.480 e. The SMILES string of the molecule is O=C(O)[C@H](Cc1cccs1)NN1C(=O)c2ccccc2C1=O. The van der Waals surface area contributed by atoms with E-state index >= 15 is 0 Å². The van der Waals surface area contributed by atoms with E-state index in [0.29, 0.717) is 0 Å². The summed E-state index contributed by atoms with van der Waals surface area (Å²) in [6.07, 6.45) is 0.195. The van der Waals surface area contributed by atoms with Gasteiger partial charge in [0.15, 0.2) is 0 Å². The molecule has 0 unspecified atom stereocenters. The normalized spacial score (nSPS) is 15.0. The van der Waals surface area contributed by atoms with Crippen LogP contribution in [0, 0.1) is 0 Å². The van der Waals surface area contributed by atoms with Gasteiger partial charge in [-0.2, -0.15) is 0 Å². The molecular formula is C15H12N2O4S. The Morgan fingerprint density at radius 3 is 2.27 bits per heavy atom. The second-order valence-corrected chi connectivity index (χ2v) is 5.83. The van der Waals surface area contributed by atoms with Crippen LogP contribution in [0.25, 0.3) is 0 Å². The van der Waals surface area contributed by atoms with Crippen molar-refractivity contribution in [2.75, 3.05) is 0 Å². The zero-order valence-electron chi connectivity index (χ0n) is 11.4. The first kappa shape index (κ1) is 14.4. The van der Waals surface area contributed by atoms with Gasteiger partial charge in [0, 0.05) is 11.3 Å². The second kappa shape index (κ2) is 5.70. The van der Waals surface area contributed by atoms with E-state index < -0.39 is 23.8 Å². The molecule has 1 atom stereocenters. The van der Waals surface area contributed by atoms with Crippen LogP contribution in [0.5, 0.6) is 0 Å². The molecule has 2 N–H and O–H groups in total. The number of hydrogen-bond acceptors (Lipinski definition) is 5. The first-order valence-corrected chi connectivity index (χ1v) is 7.45. The third-order valence-electron chi connectivity index (χ3n) is 3.36. The summed E-state index contributed by atoms with van der Waals surface area (Å²) in [5, 5.41) is 11.9. The Labute approximate surface area is 130 Å². The summed E-state index contributed by atoms with van der Waals surface area (Å²) in [7, 11) is 0. The van der Waals surface area contributed by atoms with E-state index in [1.165, 1.54) is 11.3 Å². The Bertz CT molecular complexity index is 707. The fourth-order valence-electron chi connectivity index (χ4n) is 2.28. The van der Waals surface area contributed by atoms with Crippen LogP contribution < -0.4 is 5.43 Å². The minimum absolute atomic E-state index is 0.195. The molecule has 0 spiro atoms. The van der Waals surface area contributed by atoms with Gasteiger partial charge in [0.25, 0.3) is 11.8 Å². The number of carboxylic acid groups (broad SMARTS) is 1. The van der Waals surface area contributed by atoms with Crippen LogP contribution in [0.2, 0.25) is 0 Å². The minimum atomic E-state index is -1.12. The smallest absolute Gasteiger partial charge is 0.322 e. The van der Waals surface area contributed by atoms with Crippen molar-refractivity contribution in [3.05, 3.63) is 57.8 Å². The predicted octanol–water partition coefficient (Wildman–Crippen LogP) is 1.54. The first-order valence-electron chi connectivity index (χ1n) is 6.57. The molecule has 1 aromatic heterocycles. The number of hydrazine groups is 1. The number of thiophene rings is 1. The van der Waals surface area contributed by atoms with Crippen LogP contribution in [0.4, 0.5) is 0 Å². The lowest BCUT2D eigenvalue weighted by Crippen LogP contribution is -2.51. The van der Waals surface area contributed by atoms with Crippen LogP contribution >= 0.6 is 11.3 Å². The highest BCUT2D eigenvalue weighted by molar-refractivity contribution is 7.09. The molecule has 2 aromatic rings. The molecule has 0 radical (unpaired) electrons. The highest BCUT2D eigenvalue weighted by Gasteiger charge is 2.37. The molecule has 22 heavy (non-hydrogen) atoms. The van der Waals surface area contributed by atoms with Gasteiger partial charge >= 0.3 is 5.97 Å². The summed E-state index contributed by atoms with van der Waals surface area (Å²) in [4.78, 5) is 36.7. The predicted molar refractivity (Wildman–Crippen MR) is 79.5 cm³/mol. The van der Waals surface area contributed by atoms with Gasteiger partial charge in [-0.05, 0) is 23.6 Å². The lowest BCUT2D eigenvalue weighted by Gasteiger charge is -2.20. The number of carboxylic acids is 1. The Kier molecular flexibility index (Phi) is 3.74. The number of rotatable bonds is 5. The molecule has 1 aromatic carbocycles. The van der Waals surface area contributed by atoms with E-state index in [0.717, 1.165) is 9.89 Å². The standard InChI is InChI=1S/C15H12N2O4S/c18-13-10-5-1-2-6-11(10)14(19)17(13)16-12(15(20)21)8-9-4-3-7-22-9/h1-7,12,16H,8H2,(H,20,21)/t12-/m0/s1. The maximum absolute atomic E-state index is 12.2. The molecule has 6 nitrogen and oxygen atoms in total. The number of imide groups is 1. The van der Waals surface area contributed by atoms with Crippen molar-refractivity contribution in [2.24, 2.45) is 0 Å². The Hall–Kier alpha value is -2.51. The van der Waals surface area contributed by atoms with E-state index in [2.05, 4.69) is 5.43 Å². The molecule has 2 heterocycles. The molecule has 0 aliphatic carbocycles. The fourth-order valence-corrected chi connectivity index (χ4v) is 3.03. The van der Waals surface area contributed by atoms with Crippen molar-refractivity contribution in [1.29, 1.82) is 0 Å². The van der Waals surface area contributed by atoms with Gasteiger partial charge in [0.2, 0.25) is 0 Å². The molecule has 0 saturated carbocycles. The third kappa shape index (κ3) is 2.51. The Morgan fingerprint density at radius 1 is 1.14 bits per heavy atom. The van der Waals surface area contributed by atoms with Crippen molar-refractivity contribution >= 4 is 29.1 Å². The Morgan fingerprint density at radius 2 is 1.77 bits per heavy atom. The monoisotopic (exact) mass is 316 g/mol. The molecule has 112 valence electrons. The van der Waals surface area contributed by atoms with Gasteiger partial charge in [-0.1, -0.05) is 18.2 Å². The maximum Gasteiger partial charge on any atom is 0.322 e. The summed E-state index contributed by atoms with van der Waals surface area (Å²) < 4.78 is 0. The van der Waals surface area contributed by atoms with Gasteiger partial charge in [-0.15, -0.1) is 11.3 Å². The molecule has 2 amide bonds. The van der Waals surface area contributed by atoms with Crippen LogP contribution in [0.3, 0.4) is 0 Å². The largest absolute Gasteiger partial charge is 0.480 e. The maximum atomic E-state index is 12.2. The van der Waals surface area contributed by atoms with Crippen LogP contribution in [0.15, 0.2) is 41.8 Å². The summed E-state index contributed by atoms with van der Waals surface area (Å²) >= 11 is 1.42.